The minimum atomic E-state index is -0.229. The fraction of sp³-hybridized carbons (Fsp3) is 0.100. The highest BCUT2D eigenvalue weighted by molar-refractivity contribution is 9.10. The Balaban J connectivity index is 2.80. The summed E-state index contributed by atoms with van der Waals surface area (Å²) in [7, 11) is 0. The summed E-state index contributed by atoms with van der Waals surface area (Å²) in [6.07, 6.45) is 1.59. The van der Waals surface area contributed by atoms with E-state index in [0.717, 1.165) is 0 Å². The van der Waals surface area contributed by atoms with Gasteiger partial charge in [-0.2, -0.15) is 0 Å². The number of phenolic OH excluding ortho intramolecular Hbond substituents is 1. The number of phenols is 1. The summed E-state index contributed by atoms with van der Waals surface area (Å²) in [6, 6.07) is 4.66. The Morgan fingerprint density at radius 2 is 2.36 bits per heavy atom. The highest BCUT2D eigenvalue weighted by Crippen LogP contribution is 2.24. The average molecular weight is 256 g/mol. The van der Waals surface area contributed by atoms with E-state index in [-0.39, 0.29) is 11.7 Å². The lowest BCUT2D eigenvalue weighted by molar-refractivity contribution is 0.0957. The first kappa shape index (κ1) is 10.8. The molecule has 0 aromatic heterocycles. The smallest absolute Gasteiger partial charge is 0.251 e. The fourth-order valence-corrected chi connectivity index (χ4v) is 1.17. The predicted molar refractivity (Wildman–Crippen MR) is 58.3 cm³/mol. The van der Waals surface area contributed by atoms with E-state index in [2.05, 4.69) is 27.8 Å². The van der Waals surface area contributed by atoms with Crippen LogP contribution in [0.3, 0.4) is 0 Å². The van der Waals surface area contributed by atoms with E-state index < -0.39 is 0 Å². The van der Waals surface area contributed by atoms with Crippen molar-refractivity contribution >= 4 is 21.8 Å². The van der Waals surface area contributed by atoms with Crippen molar-refractivity contribution in [3.05, 3.63) is 40.9 Å². The van der Waals surface area contributed by atoms with Crippen molar-refractivity contribution in [3.8, 4) is 5.75 Å². The zero-order chi connectivity index (χ0) is 10.6. The van der Waals surface area contributed by atoms with Crippen LogP contribution >= 0.6 is 15.9 Å². The molecule has 1 aromatic rings. The summed E-state index contributed by atoms with van der Waals surface area (Å²) < 4.78 is 0.567. The molecule has 74 valence electrons. The van der Waals surface area contributed by atoms with Crippen molar-refractivity contribution in [1.29, 1.82) is 0 Å². The second kappa shape index (κ2) is 4.81. The second-order valence-corrected chi connectivity index (χ2v) is 3.52. The first-order valence-electron chi connectivity index (χ1n) is 4.02. The van der Waals surface area contributed by atoms with E-state index >= 15 is 0 Å². The standard InChI is InChI=1S/C10H10BrNO2/c1-2-5-12-10(14)7-3-4-8(11)9(13)6-7/h2-4,6,13H,1,5H2,(H,12,14). The Morgan fingerprint density at radius 3 is 2.93 bits per heavy atom. The van der Waals surface area contributed by atoms with Gasteiger partial charge in [0.25, 0.3) is 5.91 Å². The summed E-state index contributed by atoms with van der Waals surface area (Å²) in [5.74, 6) is -0.177. The van der Waals surface area contributed by atoms with Gasteiger partial charge >= 0.3 is 0 Å². The van der Waals surface area contributed by atoms with Gasteiger partial charge in [-0.05, 0) is 34.1 Å². The van der Waals surface area contributed by atoms with E-state index in [9.17, 15) is 9.90 Å². The summed E-state index contributed by atoms with van der Waals surface area (Å²) >= 11 is 3.13. The number of carbonyl (C=O) groups excluding carboxylic acids is 1. The Labute approximate surface area is 90.6 Å². The number of hydrogen-bond acceptors (Lipinski definition) is 2. The molecule has 14 heavy (non-hydrogen) atoms. The molecule has 4 heteroatoms. The van der Waals surface area contributed by atoms with Crippen LogP contribution in [0, 0.1) is 0 Å². The molecule has 1 amide bonds. The molecule has 0 radical (unpaired) electrons. The van der Waals surface area contributed by atoms with E-state index in [4.69, 9.17) is 0 Å². The molecular weight excluding hydrogens is 246 g/mol. The van der Waals surface area contributed by atoms with Crippen LogP contribution in [0.2, 0.25) is 0 Å². The van der Waals surface area contributed by atoms with Crippen LogP contribution in [-0.2, 0) is 0 Å². The summed E-state index contributed by atoms with van der Waals surface area (Å²) in [6.45, 7) is 3.90. The zero-order valence-corrected chi connectivity index (χ0v) is 9.04. The maximum absolute atomic E-state index is 11.4. The number of amides is 1. The van der Waals surface area contributed by atoms with Crippen molar-refractivity contribution in [3.63, 3.8) is 0 Å². The van der Waals surface area contributed by atoms with Gasteiger partial charge in [0.05, 0.1) is 4.47 Å². The Kier molecular flexibility index (Phi) is 3.71. The molecule has 0 unspecified atom stereocenters. The van der Waals surface area contributed by atoms with Crippen molar-refractivity contribution in [2.45, 2.75) is 0 Å². The van der Waals surface area contributed by atoms with Gasteiger partial charge in [-0.25, -0.2) is 0 Å². The Morgan fingerprint density at radius 1 is 1.64 bits per heavy atom. The number of carbonyl (C=O) groups is 1. The van der Waals surface area contributed by atoms with Crippen LogP contribution < -0.4 is 5.32 Å². The van der Waals surface area contributed by atoms with Gasteiger partial charge in [0.1, 0.15) is 5.75 Å². The molecule has 0 saturated heterocycles. The summed E-state index contributed by atoms with van der Waals surface area (Å²) in [4.78, 5) is 11.4. The second-order valence-electron chi connectivity index (χ2n) is 2.66. The largest absolute Gasteiger partial charge is 0.507 e. The third kappa shape index (κ3) is 2.60. The topological polar surface area (TPSA) is 49.3 Å². The van der Waals surface area contributed by atoms with Gasteiger partial charge in [0.2, 0.25) is 0 Å². The summed E-state index contributed by atoms with van der Waals surface area (Å²) in [5, 5.41) is 11.9. The lowest BCUT2D eigenvalue weighted by Crippen LogP contribution is -2.22. The van der Waals surface area contributed by atoms with Gasteiger partial charge in [0, 0.05) is 12.1 Å². The zero-order valence-electron chi connectivity index (χ0n) is 7.46. The van der Waals surface area contributed by atoms with E-state index in [1.807, 2.05) is 0 Å². The number of aromatic hydroxyl groups is 1. The first-order valence-corrected chi connectivity index (χ1v) is 4.82. The number of nitrogens with one attached hydrogen (secondary N) is 1. The van der Waals surface area contributed by atoms with Gasteiger partial charge in [-0.1, -0.05) is 6.08 Å². The van der Waals surface area contributed by atoms with E-state index in [0.29, 0.717) is 16.6 Å². The number of benzene rings is 1. The van der Waals surface area contributed by atoms with Gasteiger partial charge in [0.15, 0.2) is 0 Å². The van der Waals surface area contributed by atoms with Gasteiger partial charge in [-0.3, -0.25) is 4.79 Å². The van der Waals surface area contributed by atoms with Crippen molar-refractivity contribution < 1.29 is 9.90 Å². The molecule has 0 bridgehead atoms. The van der Waals surface area contributed by atoms with Crippen molar-refractivity contribution in [2.75, 3.05) is 6.54 Å². The number of hydrogen-bond donors (Lipinski definition) is 2. The molecule has 0 atom stereocenters. The lowest BCUT2D eigenvalue weighted by Gasteiger charge is -2.03. The maximum atomic E-state index is 11.4. The molecule has 0 fully saturated rings. The maximum Gasteiger partial charge on any atom is 0.251 e. The molecule has 0 aliphatic carbocycles. The minimum absolute atomic E-state index is 0.0521. The molecule has 1 aromatic carbocycles. The Bertz CT molecular complexity index is 363. The molecular formula is C10H10BrNO2. The third-order valence-corrected chi connectivity index (χ3v) is 2.29. The number of halogens is 1. The highest BCUT2D eigenvalue weighted by atomic mass is 79.9. The SMILES string of the molecule is C=CCNC(=O)c1ccc(Br)c(O)c1. The molecule has 3 nitrogen and oxygen atoms in total. The minimum Gasteiger partial charge on any atom is -0.507 e. The third-order valence-electron chi connectivity index (χ3n) is 1.62. The molecule has 0 spiro atoms. The van der Waals surface area contributed by atoms with E-state index in [1.54, 1.807) is 18.2 Å². The molecule has 0 saturated carbocycles. The molecule has 1 rings (SSSR count). The molecule has 0 aliphatic rings. The molecule has 2 N–H and O–H groups in total. The van der Waals surface area contributed by atoms with Gasteiger partial charge < -0.3 is 10.4 Å². The normalized spacial score (nSPS) is 9.50. The monoisotopic (exact) mass is 255 g/mol. The quantitative estimate of drug-likeness (QED) is 0.813. The Hall–Kier alpha value is -1.29. The van der Waals surface area contributed by atoms with Crippen LogP contribution in [0.4, 0.5) is 0 Å². The fourth-order valence-electron chi connectivity index (χ4n) is 0.921. The average Bonchev–Trinajstić information content (AvgIpc) is 2.18. The highest BCUT2D eigenvalue weighted by Gasteiger charge is 2.06. The van der Waals surface area contributed by atoms with E-state index in [1.165, 1.54) is 6.07 Å². The molecule has 0 heterocycles. The van der Waals surface area contributed by atoms with Crippen LogP contribution in [0.5, 0.6) is 5.75 Å². The van der Waals surface area contributed by atoms with Crippen molar-refractivity contribution in [2.24, 2.45) is 0 Å². The first-order chi connectivity index (χ1) is 6.65. The van der Waals surface area contributed by atoms with Crippen LogP contribution in [-0.4, -0.2) is 17.6 Å². The van der Waals surface area contributed by atoms with Crippen LogP contribution in [0.25, 0.3) is 0 Å². The number of rotatable bonds is 3. The summed E-state index contributed by atoms with van der Waals surface area (Å²) in [5.41, 5.74) is 0.424. The van der Waals surface area contributed by atoms with Crippen molar-refractivity contribution in [1.82, 2.24) is 5.32 Å². The predicted octanol–water partition coefficient (Wildman–Crippen LogP) is 2.07. The van der Waals surface area contributed by atoms with Crippen LogP contribution in [0.1, 0.15) is 10.4 Å². The van der Waals surface area contributed by atoms with Crippen LogP contribution in [0.15, 0.2) is 35.3 Å². The molecule has 0 aliphatic heterocycles. The van der Waals surface area contributed by atoms with Gasteiger partial charge in [-0.15, -0.1) is 6.58 Å². The lowest BCUT2D eigenvalue weighted by atomic mass is 10.2.